The molecule has 12 heteroatoms. The SMILES string of the molecule is CC(C)(C)OC(=O)NC(=NCCCCNC(=O)C(O)Cc1c[nH]c2cc(Br)ccc12)NC(=O)OC(C)(C)C. The number of nitrogens with one attached hydrogen (secondary N) is 4. The van der Waals surface area contributed by atoms with Crippen molar-refractivity contribution in [2.45, 2.75) is 78.1 Å². The van der Waals surface area contributed by atoms with Gasteiger partial charge in [0.05, 0.1) is 0 Å². The molecule has 1 unspecified atom stereocenters. The number of carbonyl (C=O) groups is 3. The van der Waals surface area contributed by atoms with Crippen molar-refractivity contribution in [1.29, 1.82) is 0 Å². The van der Waals surface area contributed by atoms with Crippen molar-refractivity contribution in [2.24, 2.45) is 4.99 Å². The normalized spacial score (nSPS) is 12.4. The number of unbranched alkanes of at least 4 members (excludes halogenated alkanes) is 1. The molecule has 0 aliphatic carbocycles. The molecule has 0 aliphatic heterocycles. The van der Waals surface area contributed by atoms with Crippen LogP contribution in [0.25, 0.3) is 10.9 Å². The molecule has 1 aromatic heterocycles. The van der Waals surface area contributed by atoms with Gasteiger partial charge in [-0.1, -0.05) is 22.0 Å². The molecule has 38 heavy (non-hydrogen) atoms. The van der Waals surface area contributed by atoms with E-state index >= 15 is 0 Å². The van der Waals surface area contributed by atoms with Crippen molar-refractivity contribution in [1.82, 2.24) is 20.9 Å². The summed E-state index contributed by atoms with van der Waals surface area (Å²) >= 11 is 3.42. The first kappa shape index (κ1) is 31.1. The van der Waals surface area contributed by atoms with Gasteiger partial charge in [0.1, 0.15) is 17.3 Å². The van der Waals surface area contributed by atoms with Crippen molar-refractivity contribution < 1.29 is 29.0 Å². The summed E-state index contributed by atoms with van der Waals surface area (Å²) in [6, 6.07) is 5.78. The maximum atomic E-state index is 12.3. The van der Waals surface area contributed by atoms with Crippen molar-refractivity contribution in [2.75, 3.05) is 13.1 Å². The third-order valence-corrected chi connectivity index (χ3v) is 5.33. The fraction of sp³-hybridized carbons (Fsp3) is 0.538. The molecule has 0 bridgehead atoms. The fourth-order valence-electron chi connectivity index (χ4n) is 3.30. The quantitative estimate of drug-likeness (QED) is 0.175. The average Bonchev–Trinajstić information content (AvgIpc) is 3.14. The molecule has 0 saturated heterocycles. The van der Waals surface area contributed by atoms with Gasteiger partial charge in [-0.25, -0.2) is 9.59 Å². The lowest BCUT2D eigenvalue weighted by molar-refractivity contribution is -0.129. The predicted octanol–water partition coefficient (Wildman–Crippen LogP) is 4.14. The van der Waals surface area contributed by atoms with Crippen molar-refractivity contribution in [3.05, 3.63) is 34.4 Å². The second-order valence-corrected chi connectivity index (χ2v) is 11.6. The van der Waals surface area contributed by atoms with E-state index in [9.17, 15) is 19.5 Å². The number of ether oxygens (including phenoxy) is 2. The number of H-pyrrole nitrogens is 1. The molecule has 0 spiro atoms. The molecule has 0 saturated carbocycles. The third kappa shape index (κ3) is 11.5. The van der Waals surface area contributed by atoms with Gasteiger partial charge >= 0.3 is 12.2 Å². The van der Waals surface area contributed by atoms with Gasteiger partial charge in [-0.2, -0.15) is 0 Å². The number of hydrogen-bond donors (Lipinski definition) is 5. The molecule has 0 radical (unpaired) electrons. The number of amides is 3. The number of aromatic nitrogens is 1. The summed E-state index contributed by atoms with van der Waals surface area (Å²) in [5.41, 5.74) is 0.320. The van der Waals surface area contributed by atoms with E-state index in [0.717, 1.165) is 20.9 Å². The molecule has 0 fully saturated rings. The van der Waals surface area contributed by atoms with Crippen LogP contribution in [-0.4, -0.2) is 64.5 Å². The number of carbonyl (C=O) groups excluding carboxylic acids is 3. The second kappa shape index (κ2) is 13.6. The number of aliphatic imine (C=N–C) groups is 1. The highest BCUT2D eigenvalue weighted by atomic mass is 79.9. The van der Waals surface area contributed by atoms with E-state index in [-0.39, 0.29) is 18.9 Å². The van der Waals surface area contributed by atoms with E-state index in [2.05, 4.69) is 41.9 Å². The fourth-order valence-corrected chi connectivity index (χ4v) is 3.66. The van der Waals surface area contributed by atoms with Gasteiger partial charge in [-0.15, -0.1) is 0 Å². The summed E-state index contributed by atoms with van der Waals surface area (Å²) in [6.45, 7) is 10.9. The molecule has 210 valence electrons. The first-order valence-corrected chi connectivity index (χ1v) is 13.2. The van der Waals surface area contributed by atoms with Crippen molar-refractivity contribution in [3.8, 4) is 0 Å². The van der Waals surface area contributed by atoms with Crippen LogP contribution in [0.5, 0.6) is 0 Å². The summed E-state index contributed by atoms with van der Waals surface area (Å²) in [6.07, 6.45) is 0.373. The Hall–Kier alpha value is -3.12. The van der Waals surface area contributed by atoms with Crippen LogP contribution in [0, 0.1) is 0 Å². The lowest BCUT2D eigenvalue weighted by Gasteiger charge is -2.22. The monoisotopic (exact) mass is 595 g/mol. The van der Waals surface area contributed by atoms with Crippen LogP contribution >= 0.6 is 15.9 Å². The largest absolute Gasteiger partial charge is 0.444 e. The maximum absolute atomic E-state index is 12.3. The summed E-state index contributed by atoms with van der Waals surface area (Å²) < 4.78 is 11.4. The molecule has 2 rings (SSSR count). The lowest BCUT2D eigenvalue weighted by Crippen LogP contribution is -2.47. The molecular formula is C26H38BrN5O6. The Balaban J connectivity index is 1.82. The Labute approximate surface area is 231 Å². The highest BCUT2D eigenvalue weighted by Gasteiger charge is 2.21. The minimum absolute atomic E-state index is 0.0984. The van der Waals surface area contributed by atoms with E-state index in [4.69, 9.17) is 9.47 Å². The highest BCUT2D eigenvalue weighted by Crippen LogP contribution is 2.23. The van der Waals surface area contributed by atoms with E-state index in [1.807, 2.05) is 18.2 Å². The number of guanidine groups is 1. The van der Waals surface area contributed by atoms with Gasteiger partial charge in [-0.3, -0.25) is 20.4 Å². The number of aliphatic hydroxyl groups excluding tert-OH is 1. The number of aliphatic hydroxyl groups is 1. The molecule has 1 aromatic carbocycles. The predicted molar refractivity (Wildman–Crippen MR) is 149 cm³/mol. The van der Waals surface area contributed by atoms with Crippen LogP contribution in [0.3, 0.4) is 0 Å². The minimum atomic E-state index is -1.18. The average molecular weight is 597 g/mol. The molecule has 1 heterocycles. The zero-order valence-corrected chi connectivity index (χ0v) is 24.3. The molecule has 3 amide bonds. The first-order valence-electron chi connectivity index (χ1n) is 12.4. The van der Waals surface area contributed by atoms with E-state index in [1.165, 1.54) is 0 Å². The molecular weight excluding hydrogens is 558 g/mol. The minimum Gasteiger partial charge on any atom is -0.444 e. The molecule has 11 nitrogen and oxygen atoms in total. The number of nitrogens with zero attached hydrogens (tertiary/aromatic N) is 1. The summed E-state index contributed by atoms with van der Waals surface area (Å²) in [7, 11) is 0. The number of halogens is 1. The first-order chi connectivity index (χ1) is 17.6. The number of fused-ring (bicyclic) bond motifs is 1. The Morgan fingerprint density at radius 3 is 2.21 bits per heavy atom. The van der Waals surface area contributed by atoms with E-state index < -0.39 is 35.4 Å². The summed E-state index contributed by atoms with van der Waals surface area (Å²) in [5, 5.41) is 18.9. The number of benzene rings is 1. The zero-order chi connectivity index (χ0) is 28.5. The number of alkyl carbamates (subject to hydrolysis) is 2. The Bertz CT molecular complexity index is 1120. The van der Waals surface area contributed by atoms with Gasteiger partial charge in [0.15, 0.2) is 0 Å². The van der Waals surface area contributed by atoms with Crippen LogP contribution in [0.1, 0.15) is 59.9 Å². The Kier molecular flexibility index (Phi) is 11.1. The standard InChI is InChI=1S/C26H38BrN5O6/c1-25(2,3)37-23(35)31-22(32-24(36)38-26(4,5)6)29-12-8-7-11-28-21(34)20(33)13-16-15-30-19-14-17(27)9-10-18(16)19/h9-10,14-15,20,30,33H,7-8,11-13H2,1-6H3,(H,28,34)(H2,29,31,32,35,36). The number of aromatic amines is 1. The summed E-state index contributed by atoms with van der Waals surface area (Å²) in [4.78, 5) is 44.0. The molecule has 0 aliphatic rings. The zero-order valence-electron chi connectivity index (χ0n) is 22.7. The van der Waals surface area contributed by atoms with Gasteiger partial charge in [0, 0.05) is 41.1 Å². The van der Waals surface area contributed by atoms with E-state index in [0.29, 0.717) is 19.4 Å². The molecule has 2 aromatic rings. The lowest BCUT2D eigenvalue weighted by atomic mass is 10.1. The third-order valence-electron chi connectivity index (χ3n) is 4.84. The van der Waals surface area contributed by atoms with Crippen LogP contribution in [0.4, 0.5) is 9.59 Å². The molecule has 1 atom stereocenters. The van der Waals surface area contributed by atoms with Gasteiger partial charge in [0.2, 0.25) is 11.9 Å². The Morgan fingerprint density at radius 1 is 1.03 bits per heavy atom. The van der Waals surface area contributed by atoms with Gasteiger partial charge in [-0.05, 0) is 72.1 Å². The maximum Gasteiger partial charge on any atom is 0.414 e. The van der Waals surface area contributed by atoms with Gasteiger partial charge in [0.25, 0.3) is 0 Å². The summed E-state index contributed by atoms with van der Waals surface area (Å²) in [5.74, 6) is -0.558. The van der Waals surface area contributed by atoms with Crippen molar-refractivity contribution in [3.63, 3.8) is 0 Å². The van der Waals surface area contributed by atoms with Crippen LogP contribution in [0.2, 0.25) is 0 Å². The van der Waals surface area contributed by atoms with Crippen molar-refractivity contribution >= 4 is 50.9 Å². The van der Waals surface area contributed by atoms with Crippen LogP contribution < -0.4 is 16.0 Å². The van der Waals surface area contributed by atoms with Crippen LogP contribution in [-0.2, 0) is 20.7 Å². The van der Waals surface area contributed by atoms with Gasteiger partial charge < -0.3 is 24.9 Å². The molecule has 5 N–H and O–H groups in total. The van der Waals surface area contributed by atoms with E-state index in [1.54, 1.807) is 47.7 Å². The van der Waals surface area contributed by atoms with Crippen LogP contribution in [0.15, 0.2) is 33.9 Å². The highest BCUT2D eigenvalue weighted by molar-refractivity contribution is 9.10. The second-order valence-electron chi connectivity index (χ2n) is 10.7. The number of rotatable bonds is 8. The number of hydrogen-bond acceptors (Lipinski definition) is 7. The topological polar surface area (TPSA) is 154 Å². The smallest absolute Gasteiger partial charge is 0.414 e. The Morgan fingerprint density at radius 2 is 1.63 bits per heavy atom.